The highest BCUT2D eigenvalue weighted by molar-refractivity contribution is 7.10. The van der Waals surface area contributed by atoms with E-state index in [1.807, 2.05) is 0 Å². The van der Waals surface area contributed by atoms with Crippen LogP contribution in [0.3, 0.4) is 0 Å². The number of aliphatic hydroxyl groups excluding tert-OH is 1. The molecule has 90 valence electrons. The second kappa shape index (κ2) is 5.83. The average Bonchev–Trinajstić information content (AvgIpc) is 2.54. The fourth-order valence-electron chi connectivity index (χ4n) is 2.69. The molecule has 0 amide bonds. The van der Waals surface area contributed by atoms with Crippen molar-refractivity contribution in [2.75, 3.05) is 0 Å². The van der Waals surface area contributed by atoms with Crippen molar-refractivity contribution in [1.82, 2.24) is 0 Å². The summed E-state index contributed by atoms with van der Waals surface area (Å²) in [5.41, 5.74) is 1.13. The number of rotatable bonds is 3. The van der Waals surface area contributed by atoms with Crippen LogP contribution < -0.4 is 0 Å². The van der Waals surface area contributed by atoms with E-state index in [9.17, 15) is 5.11 Å². The van der Waals surface area contributed by atoms with Gasteiger partial charge < -0.3 is 5.11 Å². The largest absolute Gasteiger partial charge is 0.388 e. The summed E-state index contributed by atoms with van der Waals surface area (Å²) in [5, 5.41) is 12.3. The predicted octanol–water partition coefficient (Wildman–Crippen LogP) is 4.45. The van der Waals surface area contributed by atoms with Gasteiger partial charge in [-0.15, -0.1) is 11.3 Å². The van der Waals surface area contributed by atoms with Crippen LogP contribution in [0.1, 0.15) is 61.5 Å². The summed E-state index contributed by atoms with van der Waals surface area (Å²) < 4.78 is 0. The van der Waals surface area contributed by atoms with E-state index in [0.717, 1.165) is 17.9 Å². The first kappa shape index (κ1) is 12.1. The molecule has 1 aliphatic carbocycles. The second-order valence-corrected chi connectivity index (χ2v) is 6.22. The first-order valence-electron chi connectivity index (χ1n) is 6.49. The molecule has 2 heteroatoms. The van der Waals surface area contributed by atoms with E-state index in [-0.39, 0.29) is 6.10 Å². The maximum Gasteiger partial charge on any atom is 0.0800 e. The van der Waals surface area contributed by atoms with Crippen molar-refractivity contribution in [3.8, 4) is 0 Å². The molecule has 0 aromatic carbocycles. The second-order valence-electron chi connectivity index (χ2n) is 5.10. The van der Waals surface area contributed by atoms with E-state index >= 15 is 0 Å². The zero-order valence-electron chi connectivity index (χ0n) is 10.1. The van der Waals surface area contributed by atoms with Gasteiger partial charge in [0.25, 0.3) is 0 Å². The van der Waals surface area contributed by atoms with Crippen LogP contribution in [0.25, 0.3) is 0 Å². The first-order valence-corrected chi connectivity index (χ1v) is 7.37. The molecule has 1 saturated carbocycles. The first-order chi connectivity index (χ1) is 7.75. The van der Waals surface area contributed by atoms with Crippen molar-refractivity contribution >= 4 is 11.3 Å². The van der Waals surface area contributed by atoms with Gasteiger partial charge in [0.15, 0.2) is 0 Å². The summed E-state index contributed by atoms with van der Waals surface area (Å²) in [7, 11) is 0. The van der Waals surface area contributed by atoms with Crippen LogP contribution >= 0.6 is 11.3 Å². The molecule has 1 aromatic rings. The summed E-state index contributed by atoms with van der Waals surface area (Å²) in [6.07, 6.45) is 8.89. The van der Waals surface area contributed by atoms with Gasteiger partial charge in [0.2, 0.25) is 0 Å². The Kier molecular flexibility index (Phi) is 4.42. The van der Waals surface area contributed by atoms with E-state index in [0.29, 0.717) is 0 Å². The lowest BCUT2D eigenvalue weighted by atomic mass is 9.92. The molecule has 1 nitrogen and oxygen atoms in total. The Balaban J connectivity index is 1.88. The van der Waals surface area contributed by atoms with Gasteiger partial charge >= 0.3 is 0 Å². The normalized spacial score (nSPS) is 20.6. The minimum absolute atomic E-state index is 0.229. The number of aliphatic hydroxyl groups is 1. The maximum absolute atomic E-state index is 10.2. The third-order valence-corrected chi connectivity index (χ3v) is 4.55. The maximum atomic E-state index is 10.2. The van der Waals surface area contributed by atoms with Crippen molar-refractivity contribution in [1.29, 1.82) is 0 Å². The zero-order valence-corrected chi connectivity index (χ0v) is 10.9. The molecule has 1 aromatic heterocycles. The molecule has 1 unspecified atom stereocenters. The van der Waals surface area contributed by atoms with Crippen LogP contribution in [0.15, 0.2) is 11.4 Å². The lowest BCUT2D eigenvalue weighted by Gasteiger charge is -2.17. The fourth-order valence-corrected chi connectivity index (χ4v) is 3.44. The quantitative estimate of drug-likeness (QED) is 0.771. The van der Waals surface area contributed by atoms with Crippen LogP contribution in [0.5, 0.6) is 0 Å². The van der Waals surface area contributed by atoms with Gasteiger partial charge in [0.05, 0.1) is 6.10 Å². The van der Waals surface area contributed by atoms with Gasteiger partial charge in [-0.1, -0.05) is 38.5 Å². The molecule has 16 heavy (non-hydrogen) atoms. The molecular formula is C14H22OS. The number of hydrogen-bond donors (Lipinski definition) is 1. The SMILES string of the molecule is Cc1cc(C(O)CC2CCCCCC2)cs1. The summed E-state index contributed by atoms with van der Waals surface area (Å²) in [6.45, 7) is 2.10. The number of aryl methyl sites for hydroxylation is 1. The molecule has 1 N–H and O–H groups in total. The fraction of sp³-hybridized carbons (Fsp3) is 0.714. The van der Waals surface area contributed by atoms with Crippen LogP contribution in [0.2, 0.25) is 0 Å². The smallest absolute Gasteiger partial charge is 0.0800 e. The Morgan fingerprint density at radius 3 is 2.56 bits per heavy atom. The lowest BCUT2D eigenvalue weighted by molar-refractivity contribution is 0.139. The summed E-state index contributed by atoms with van der Waals surface area (Å²) in [4.78, 5) is 1.30. The number of thiophene rings is 1. The minimum atomic E-state index is -0.229. The average molecular weight is 238 g/mol. The molecular weight excluding hydrogens is 216 g/mol. The highest BCUT2D eigenvalue weighted by Gasteiger charge is 2.18. The van der Waals surface area contributed by atoms with Crippen molar-refractivity contribution in [2.45, 2.75) is 58.0 Å². The van der Waals surface area contributed by atoms with Gasteiger partial charge in [-0.05, 0) is 36.3 Å². The van der Waals surface area contributed by atoms with E-state index in [1.165, 1.54) is 43.4 Å². The van der Waals surface area contributed by atoms with Crippen molar-refractivity contribution in [3.05, 3.63) is 21.9 Å². The van der Waals surface area contributed by atoms with Crippen LogP contribution in [0, 0.1) is 12.8 Å². The van der Waals surface area contributed by atoms with Crippen molar-refractivity contribution < 1.29 is 5.11 Å². The third kappa shape index (κ3) is 3.33. The van der Waals surface area contributed by atoms with Crippen LogP contribution in [-0.4, -0.2) is 5.11 Å². The Hall–Kier alpha value is -0.340. The van der Waals surface area contributed by atoms with Gasteiger partial charge in [0, 0.05) is 4.88 Å². The molecule has 1 fully saturated rings. The standard InChI is InChI=1S/C14H22OS/c1-11-8-13(10-16-11)14(15)9-12-6-4-2-3-5-7-12/h8,10,12,14-15H,2-7,9H2,1H3. The van der Waals surface area contributed by atoms with Gasteiger partial charge in [-0.25, -0.2) is 0 Å². The van der Waals surface area contributed by atoms with Gasteiger partial charge in [0.1, 0.15) is 0 Å². The molecule has 0 spiro atoms. The number of hydrogen-bond acceptors (Lipinski definition) is 2. The Bertz CT molecular complexity index is 310. The van der Waals surface area contributed by atoms with E-state index in [4.69, 9.17) is 0 Å². The van der Waals surface area contributed by atoms with Crippen molar-refractivity contribution in [3.63, 3.8) is 0 Å². The lowest BCUT2D eigenvalue weighted by Crippen LogP contribution is -2.06. The molecule has 0 aliphatic heterocycles. The summed E-state index contributed by atoms with van der Waals surface area (Å²) >= 11 is 1.74. The zero-order chi connectivity index (χ0) is 11.4. The van der Waals surface area contributed by atoms with Crippen LogP contribution in [-0.2, 0) is 0 Å². The topological polar surface area (TPSA) is 20.2 Å². The molecule has 0 bridgehead atoms. The van der Waals surface area contributed by atoms with E-state index < -0.39 is 0 Å². The summed E-state index contributed by atoms with van der Waals surface area (Å²) in [5.74, 6) is 0.748. The predicted molar refractivity (Wildman–Crippen MR) is 69.8 cm³/mol. The van der Waals surface area contributed by atoms with E-state index in [1.54, 1.807) is 11.3 Å². The monoisotopic (exact) mass is 238 g/mol. The Morgan fingerprint density at radius 1 is 1.31 bits per heavy atom. The molecule has 0 radical (unpaired) electrons. The molecule has 1 aliphatic rings. The van der Waals surface area contributed by atoms with Crippen molar-refractivity contribution in [2.24, 2.45) is 5.92 Å². The minimum Gasteiger partial charge on any atom is -0.388 e. The highest BCUT2D eigenvalue weighted by Crippen LogP contribution is 2.32. The molecule has 0 saturated heterocycles. The Labute approximate surface area is 103 Å². The Morgan fingerprint density at radius 2 is 2.00 bits per heavy atom. The van der Waals surface area contributed by atoms with E-state index in [2.05, 4.69) is 18.4 Å². The third-order valence-electron chi connectivity index (χ3n) is 3.67. The summed E-state index contributed by atoms with van der Waals surface area (Å²) in [6, 6.07) is 2.13. The molecule has 1 atom stereocenters. The van der Waals surface area contributed by atoms with Gasteiger partial charge in [-0.3, -0.25) is 0 Å². The molecule has 2 rings (SSSR count). The van der Waals surface area contributed by atoms with Gasteiger partial charge in [-0.2, -0.15) is 0 Å². The van der Waals surface area contributed by atoms with Crippen LogP contribution in [0.4, 0.5) is 0 Å². The highest BCUT2D eigenvalue weighted by atomic mass is 32.1. The molecule has 1 heterocycles.